The standard InChI is InChI=1S/C9H15N5/c1-4-5-14(3)9-6-8(13-10)11-7(2)12-9/h4,6H,1,5,10H2,2-3H3,(H,11,12,13). The third-order valence-corrected chi connectivity index (χ3v) is 1.77. The molecular formula is C9H15N5. The quantitative estimate of drug-likeness (QED) is 0.418. The predicted octanol–water partition coefficient (Wildman–Crippen LogP) is 0.693. The molecule has 0 atom stereocenters. The molecule has 1 aromatic rings. The lowest BCUT2D eigenvalue weighted by Crippen LogP contribution is -2.19. The number of rotatable bonds is 4. The SMILES string of the molecule is C=CCN(C)c1cc(NN)nc(C)n1. The largest absolute Gasteiger partial charge is 0.356 e. The Balaban J connectivity index is 2.96. The van der Waals surface area contributed by atoms with Crippen molar-refractivity contribution < 1.29 is 0 Å². The molecule has 0 aliphatic carbocycles. The van der Waals surface area contributed by atoms with Crippen LogP contribution in [0.25, 0.3) is 0 Å². The van der Waals surface area contributed by atoms with E-state index in [4.69, 9.17) is 5.84 Å². The molecule has 0 radical (unpaired) electrons. The molecule has 0 aromatic carbocycles. The van der Waals surface area contributed by atoms with Crippen LogP contribution >= 0.6 is 0 Å². The first-order chi connectivity index (χ1) is 6.67. The summed E-state index contributed by atoms with van der Waals surface area (Å²) in [7, 11) is 1.93. The second kappa shape index (κ2) is 4.57. The van der Waals surface area contributed by atoms with Gasteiger partial charge >= 0.3 is 0 Å². The maximum Gasteiger partial charge on any atom is 0.145 e. The topological polar surface area (TPSA) is 67.1 Å². The van der Waals surface area contributed by atoms with Crippen molar-refractivity contribution in [3.8, 4) is 0 Å². The Hall–Kier alpha value is -1.62. The van der Waals surface area contributed by atoms with Gasteiger partial charge in [0, 0.05) is 19.7 Å². The van der Waals surface area contributed by atoms with Gasteiger partial charge in [0.15, 0.2) is 0 Å². The number of hydrogen-bond acceptors (Lipinski definition) is 5. The zero-order chi connectivity index (χ0) is 10.6. The fourth-order valence-corrected chi connectivity index (χ4v) is 1.11. The van der Waals surface area contributed by atoms with E-state index in [2.05, 4.69) is 22.0 Å². The summed E-state index contributed by atoms with van der Waals surface area (Å²) in [6, 6.07) is 1.79. The number of hydrazine groups is 1. The Morgan fingerprint density at radius 3 is 2.93 bits per heavy atom. The van der Waals surface area contributed by atoms with Crippen LogP contribution in [0.4, 0.5) is 11.6 Å². The Morgan fingerprint density at radius 1 is 1.64 bits per heavy atom. The number of nitrogen functional groups attached to an aromatic ring is 1. The van der Waals surface area contributed by atoms with E-state index >= 15 is 0 Å². The van der Waals surface area contributed by atoms with Gasteiger partial charge in [-0.3, -0.25) is 0 Å². The highest BCUT2D eigenvalue weighted by atomic mass is 15.3. The number of hydrogen-bond donors (Lipinski definition) is 2. The smallest absolute Gasteiger partial charge is 0.145 e. The van der Waals surface area contributed by atoms with Gasteiger partial charge in [-0.05, 0) is 6.92 Å². The zero-order valence-corrected chi connectivity index (χ0v) is 8.49. The van der Waals surface area contributed by atoms with Crippen LogP contribution in [0.1, 0.15) is 5.82 Å². The molecule has 0 amide bonds. The number of likely N-dealkylation sites (N-methyl/N-ethyl adjacent to an activating group) is 1. The van der Waals surface area contributed by atoms with Crippen LogP contribution in [0.5, 0.6) is 0 Å². The van der Waals surface area contributed by atoms with Crippen LogP contribution < -0.4 is 16.2 Å². The molecule has 0 aliphatic heterocycles. The normalized spacial score (nSPS) is 9.64. The van der Waals surface area contributed by atoms with Gasteiger partial charge in [0.1, 0.15) is 17.5 Å². The zero-order valence-electron chi connectivity index (χ0n) is 8.49. The van der Waals surface area contributed by atoms with E-state index in [1.807, 2.05) is 24.9 Å². The molecule has 0 saturated carbocycles. The summed E-state index contributed by atoms with van der Waals surface area (Å²) >= 11 is 0. The summed E-state index contributed by atoms with van der Waals surface area (Å²) in [6.45, 7) is 6.23. The second-order valence-corrected chi connectivity index (χ2v) is 2.97. The van der Waals surface area contributed by atoms with Gasteiger partial charge in [0.05, 0.1) is 0 Å². The molecule has 0 unspecified atom stereocenters. The summed E-state index contributed by atoms with van der Waals surface area (Å²) in [6.07, 6.45) is 1.81. The minimum Gasteiger partial charge on any atom is -0.356 e. The van der Waals surface area contributed by atoms with E-state index in [1.54, 1.807) is 6.07 Å². The number of nitrogens with one attached hydrogen (secondary N) is 1. The van der Waals surface area contributed by atoms with Crippen LogP contribution in [0.15, 0.2) is 18.7 Å². The lowest BCUT2D eigenvalue weighted by Gasteiger charge is -2.16. The molecular weight excluding hydrogens is 178 g/mol. The number of nitrogens with zero attached hydrogens (tertiary/aromatic N) is 3. The van der Waals surface area contributed by atoms with Crippen molar-refractivity contribution in [1.82, 2.24) is 9.97 Å². The second-order valence-electron chi connectivity index (χ2n) is 2.97. The van der Waals surface area contributed by atoms with Gasteiger partial charge in [-0.15, -0.1) is 6.58 Å². The first-order valence-electron chi connectivity index (χ1n) is 4.31. The highest BCUT2D eigenvalue weighted by Gasteiger charge is 2.03. The first-order valence-corrected chi connectivity index (χ1v) is 4.31. The first kappa shape index (κ1) is 10.5. The Labute approximate surface area is 83.6 Å². The molecule has 76 valence electrons. The van der Waals surface area contributed by atoms with Crippen molar-refractivity contribution in [2.24, 2.45) is 5.84 Å². The monoisotopic (exact) mass is 193 g/mol. The summed E-state index contributed by atoms with van der Waals surface area (Å²) in [5.74, 6) is 7.41. The molecule has 1 aromatic heterocycles. The minimum atomic E-state index is 0.614. The molecule has 3 N–H and O–H groups in total. The summed E-state index contributed by atoms with van der Waals surface area (Å²) in [5, 5.41) is 0. The van der Waals surface area contributed by atoms with Crippen LogP contribution in [-0.4, -0.2) is 23.6 Å². The van der Waals surface area contributed by atoms with Gasteiger partial charge in [0.25, 0.3) is 0 Å². The van der Waals surface area contributed by atoms with E-state index in [-0.39, 0.29) is 0 Å². The molecule has 1 heterocycles. The van der Waals surface area contributed by atoms with Gasteiger partial charge in [-0.2, -0.15) is 0 Å². The fraction of sp³-hybridized carbons (Fsp3) is 0.333. The van der Waals surface area contributed by atoms with Crippen LogP contribution in [0.2, 0.25) is 0 Å². The van der Waals surface area contributed by atoms with Gasteiger partial charge < -0.3 is 10.3 Å². The Kier molecular flexibility index (Phi) is 3.41. The Bertz CT molecular complexity index is 323. The Morgan fingerprint density at radius 2 is 2.36 bits per heavy atom. The van der Waals surface area contributed by atoms with Gasteiger partial charge in [-0.1, -0.05) is 6.08 Å². The average molecular weight is 193 g/mol. The average Bonchev–Trinajstić information content (AvgIpc) is 2.17. The molecule has 0 bridgehead atoms. The lowest BCUT2D eigenvalue weighted by atomic mass is 10.4. The van der Waals surface area contributed by atoms with Crippen molar-refractivity contribution in [2.75, 3.05) is 23.9 Å². The number of aromatic nitrogens is 2. The highest BCUT2D eigenvalue weighted by Crippen LogP contribution is 2.13. The molecule has 0 saturated heterocycles. The summed E-state index contributed by atoms with van der Waals surface area (Å²) in [4.78, 5) is 10.3. The van der Waals surface area contributed by atoms with Gasteiger partial charge in [0.2, 0.25) is 0 Å². The van der Waals surface area contributed by atoms with Crippen molar-refractivity contribution in [1.29, 1.82) is 0 Å². The molecule has 5 nitrogen and oxygen atoms in total. The fourth-order valence-electron chi connectivity index (χ4n) is 1.11. The van der Waals surface area contributed by atoms with E-state index in [9.17, 15) is 0 Å². The van der Waals surface area contributed by atoms with Crippen LogP contribution in [0, 0.1) is 6.92 Å². The van der Waals surface area contributed by atoms with E-state index in [0.717, 1.165) is 12.4 Å². The van der Waals surface area contributed by atoms with Crippen molar-refractivity contribution in [3.05, 3.63) is 24.5 Å². The maximum atomic E-state index is 5.28. The van der Waals surface area contributed by atoms with Crippen molar-refractivity contribution >= 4 is 11.6 Å². The van der Waals surface area contributed by atoms with E-state index < -0.39 is 0 Å². The molecule has 0 spiro atoms. The third-order valence-electron chi connectivity index (χ3n) is 1.77. The molecule has 0 aliphatic rings. The number of aryl methyl sites for hydroxylation is 1. The maximum absolute atomic E-state index is 5.28. The molecule has 5 heteroatoms. The number of nitrogens with two attached hydrogens (primary N) is 1. The van der Waals surface area contributed by atoms with Crippen molar-refractivity contribution in [3.63, 3.8) is 0 Å². The molecule has 1 rings (SSSR count). The lowest BCUT2D eigenvalue weighted by molar-refractivity contribution is 0.947. The number of anilines is 2. The van der Waals surface area contributed by atoms with E-state index in [1.165, 1.54) is 0 Å². The van der Waals surface area contributed by atoms with Crippen LogP contribution in [-0.2, 0) is 0 Å². The van der Waals surface area contributed by atoms with Crippen molar-refractivity contribution in [2.45, 2.75) is 6.92 Å². The minimum absolute atomic E-state index is 0.614. The summed E-state index contributed by atoms with van der Waals surface area (Å²) in [5.41, 5.74) is 2.50. The van der Waals surface area contributed by atoms with Crippen LogP contribution in [0.3, 0.4) is 0 Å². The molecule has 0 fully saturated rings. The van der Waals surface area contributed by atoms with E-state index in [0.29, 0.717) is 11.6 Å². The summed E-state index contributed by atoms with van der Waals surface area (Å²) < 4.78 is 0. The van der Waals surface area contributed by atoms with Gasteiger partial charge in [-0.25, -0.2) is 15.8 Å². The molecule has 14 heavy (non-hydrogen) atoms. The third kappa shape index (κ3) is 2.43. The highest BCUT2D eigenvalue weighted by molar-refractivity contribution is 5.48. The predicted molar refractivity (Wildman–Crippen MR) is 58.0 cm³/mol.